The minimum absolute atomic E-state index is 0.707. The van der Waals surface area contributed by atoms with Gasteiger partial charge in [-0.3, -0.25) is 4.68 Å². The van der Waals surface area contributed by atoms with Gasteiger partial charge in [0.1, 0.15) is 0 Å². The highest BCUT2D eigenvalue weighted by Gasteiger charge is 1.95. The van der Waals surface area contributed by atoms with E-state index >= 15 is 0 Å². The molecule has 78 valence electrons. The summed E-state index contributed by atoms with van der Waals surface area (Å²) in [6.45, 7) is 1.54. The molecule has 2 aromatic rings. The monoisotopic (exact) mass is 201 g/mol. The maximum absolute atomic E-state index is 5.49. The van der Waals surface area contributed by atoms with Crippen molar-refractivity contribution in [1.82, 2.24) is 9.78 Å². The van der Waals surface area contributed by atoms with Crippen molar-refractivity contribution in [2.24, 2.45) is 5.73 Å². The second kappa shape index (κ2) is 4.75. The molecule has 3 heteroatoms. The molecule has 0 aliphatic rings. The number of benzene rings is 1. The average molecular weight is 201 g/mol. The van der Waals surface area contributed by atoms with E-state index in [-0.39, 0.29) is 0 Å². The van der Waals surface area contributed by atoms with E-state index in [4.69, 9.17) is 5.73 Å². The van der Waals surface area contributed by atoms with Crippen LogP contribution < -0.4 is 5.73 Å². The van der Waals surface area contributed by atoms with Crippen LogP contribution in [0.2, 0.25) is 0 Å². The highest BCUT2D eigenvalue weighted by molar-refractivity contribution is 5.22. The molecule has 0 bridgehead atoms. The quantitative estimate of drug-likeness (QED) is 0.813. The van der Waals surface area contributed by atoms with Gasteiger partial charge in [0.25, 0.3) is 0 Å². The summed E-state index contributed by atoms with van der Waals surface area (Å²) in [7, 11) is 0. The summed E-state index contributed by atoms with van der Waals surface area (Å²) < 4.78 is 1.91. The summed E-state index contributed by atoms with van der Waals surface area (Å²) in [6, 6.07) is 10.5. The molecule has 2 N–H and O–H groups in total. The Morgan fingerprint density at radius 3 is 2.47 bits per heavy atom. The second-order valence-corrected chi connectivity index (χ2v) is 3.56. The van der Waals surface area contributed by atoms with E-state index in [1.807, 2.05) is 16.9 Å². The van der Waals surface area contributed by atoms with Crippen LogP contribution >= 0.6 is 0 Å². The highest BCUT2D eigenvalue weighted by Crippen LogP contribution is 2.06. The van der Waals surface area contributed by atoms with Crippen LogP contribution in [0.5, 0.6) is 0 Å². The van der Waals surface area contributed by atoms with Gasteiger partial charge in [0, 0.05) is 12.4 Å². The SMILES string of the molecule is NCCc1ccc(Cn2cccn2)cc1. The van der Waals surface area contributed by atoms with Crippen molar-refractivity contribution in [1.29, 1.82) is 0 Å². The molecule has 3 nitrogen and oxygen atoms in total. The van der Waals surface area contributed by atoms with Crippen molar-refractivity contribution >= 4 is 0 Å². The largest absolute Gasteiger partial charge is 0.330 e. The van der Waals surface area contributed by atoms with Gasteiger partial charge in [-0.15, -0.1) is 0 Å². The molecule has 0 unspecified atom stereocenters. The maximum Gasteiger partial charge on any atom is 0.0659 e. The van der Waals surface area contributed by atoms with Crippen LogP contribution in [0.3, 0.4) is 0 Å². The van der Waals surface area contributed by atoms with Crippen LogP contribution in [0.25, 0.3) is 0 Å². The van der Waals surface area contributed by atoms with Crippen LogP contribution in [0.1, 0.15) is 11.1 Å². The van der Waals surface area contributed by atoms with Gasteiger partial charge in [0.2, 0.25) is 0 Å². The van der Waals surface area contributed by atoms with Crippen molar-refractivity contribution in [2.45, 2.75) is 13.0 Å². The van der Waals surface area contributed by atoms with E-state index in [1.165, 1.54) is 11.1 Å². The zero-order chi connectivity index (χ0) is 10.5. The summed E-state index contributed by atoms with van der Waals surface area (Å²) in [4.78, 5) is 0. The number of nitrogens with two attached hydrogens (primary N) is 1. The number of hydrogen-bond acceptors (Lipinski definition) is 2. The first kappa shape index (κ1) is 9.93. The zero-order valence-corrected chi connectivity index (χ0v) is 8.63. The van der Waals surface area contributed by atoms with Crippen LogP contribution in [0.4, 0.5) is 0 Å². The molecule has 1 aromatic heterocycles. The summed E-state index contributed by atoms with van der Waals surface area (Å²) in [6.07, 6.45) is 4.71. The van der Waals surface area contributed by atoms with Gasteiger partial charge in [0.05, 0.1) is 6.54 Å². The molecular formula is C12H15N3. The van der Waals surface area contributed by atoms with Gasteiger partial charge >= 0.3 is 0 Å². The molecule has 0 radical (unpaired) electrons. The lowest BCUT2D eigenvalue weighted by molar-refractivity contribution is 0.686. The van der Waals surface area contributed by atoms with Gasteiger partial charge < -0.3 is 5.73 Å². The smallest absolute Gasteiger partial charge is 0.0659 e. The van der Waals surface area contributed by atoms with E-state index in [0.717, 1.165) is 13.0 Å². The third-order valence-corrected chi connectivity index (χ3v) is 2.36. The second-order valence-electron chi connectivity index (χ2n) is 3.56. The molecule has 0 spiro atoms. The molecule has 0 amide bonds. The summed E-state index contributed by atoms with van der Waals surface area (Å²) in [5, 5.41) is 4.17. The first-order valence-electron chi connectivity index (χ1n) is 5.14. The lowest BCUT2D eigenvalue weighted by Crippen LogP contribution is -2.03. The lowest BCUT2D eigenvalue weighted by Gasteiger charge is -2.03. The van der Waals surface area contributed by atoms with Gasteiger partial charge in [0.15, 0.2) is 0 Å². The Labute approximate surface area is 89.5 Å². The first-order valence-corrected chi connectivity index (χ1v) is 5.14. The molecule has 0 atom stereocenters. The Balaban J connectivity index is 2.04. The molecule has 1 aromatic carbocycles. The van der Waals surface area contributed by atoms with E-state index in [0.29, 0.717) is 6.54 Å². The van der Waals surface area contributed by atoms with Crippen LogP contribution in [0.15, 0.2) is 42.7 Å². The molecule has 1 heterocycles. The first-order chi connectivity index (χ1) is 7.38. The van der Waals surface area contributed by atoms with E-state index in [2.05, 4.69) is 29.4 Å². The van der Waals surface area contributed by atoms with E-state index in [9.17, 15) is 0 Å². The topological polar surface area (TPSA) is 43.8 Å². The van der Waals surface area contributed by atoms with Crippen LogP contribution in [0, 0.1) is 0 Å². The zero-order valence-electron chi connectivity index (χ0n) is 8.63. The van der Waals surface area contributed by atoms with Crippen molar-refractivity contribution < 1.29 is 0 Å². The Hall–Kier alpha value is -1.61. The Bertz CT molecular complexity index is 389. The minimum atomic E-state index is 0.707. The Morgan fingerprint density at radius 1 is 1.13 bits per heavy atom. The normalized spacial score (nSPS) is 10.5. The Kier molecular flexibility index (Phi) is 3.15. The van der Waals surface area contributed by atoms with Crippen LogP contribution in [-0.2, 0) is 13.0 Å². The van der Waals surface area contributed by atoms with Gasteiger partial charge in [-0.05, 0) is 30.2 Å². The van der Waals surface area contributed by atoms with Crippen molar-refractivity contribution in [3.8, 4) is 0 Å². The molecule has 0 saturated heterocycles. The molecule has 0 aliphatic carbocycles. The third-order valence-electron chi connectivity index (χ3n) is 2.36. The molecule has 15 heavy (non-hydrogen) atoms. The fourth-order valence-corrected chi connectivity index (χ4v) is 1.56. The van der Waals surface area contributed by atoms with Crippen molar-refractivity contribution in [3.63, 3.8) is 0 Å². The molecule has 0 saturated carbocycles. The predicted molar refractivity (Wildman–Crippen MR) is 60.5 cm³/mol. The maximum atomic E-state index is 5.49. The van der Waals surface area contributed by atoms with Gasteiger partial charge in [-0.1, -0.05) is 24.3 Å². The van der Waals surface area contributed by atoms with Crippen LogP contribution in [-0.4, -0.2) is 16.3 Å². The molecule has 0 fully saturated rings. The van der Waals surface area contributed by atoms with Gasteiger partial charge in [-0.2, -0.15) is 5.10 Å². The van der Waals surface area contributed by atoms with Crippen molar-refractivity contribution in [3.05, 3.63) is 53.9 Å². The fourth-order valence-electron chi connectivity index (χ4n) is 1.56. The number of aromatic nitrogens is 2. The number of nitrogens with zero attached hydrogens (tertiary/aromatic N) is 2. The standard InChI is InChI=1S/C12H15N3/c13-7-6-11-2-4-12(5-3-11)10-15-9-1-8-14-15/h1-5,8-9H,6-7,10,13H2. The third kappa shape index (κ3) is 2.67. The summed E-state index contributed by atoms with van der Waals surface area (Å²) >= 11 is 0. The van der Waals surface area contributed by atoms with E-state index in [1.54, 1.807) is 6.20 Å². The lowest BCUT2D eigenvalue weighted by atomic mass is 10.1. The Morgan fingerprint density at radius 2 is 1.87 bits per heavy atom. The summed E-state index contributed by atoms with van der Waals surface area (Å²) in [5.41, 5.74) is 8.05. The number of rotatable bonds is 4. The molecule has 0 aliphatic heterocycles. The number of hydrogen-bond donors (Lipinski definition) is 1. The minimum Gasteiger partial charge on any atom is -0.330 e. The average Bonchev–Trinajstić information content (AvgIpc) is 2.74. The summed E-state index contributed by atoms with van der Waals surface area (Å²) in [5.74, 6) is 0. The van der Waals surface area contributed by atoms with E-state index < -0.39 is 0 Å². The molecule has 2 rings (SSSR count). The molecular weight excluding hydrogens is 186 g/mol. The van der Waals surface area contributed by atoms with Gasteiger partial charge in [-0.25, -0.2) is 0 Å². The highest BCUT2D eigenvalue weighted by atomic mass is 15.3. The fraction of sp³-hybridized carbons (Fsp3) is 0.250. The van der Waals surface area contributed by atoms with Crippen molar-refractivity contribution in [2.75, 3.05) is 6.54 Å². The predicted octanol–water partition coefficient (Wildman–Crippen LogP) is 1.43.